The third kappa shape index (κ3) is 2.82. The summed E-state index contributed by atoms with van der Waals surface area (Å²) in [5.41, 5.74) is 9.46. The van der Waals surface area contributed by atoms with Crippen molar-refractivity contribution in [3.8, 4) is 0 Å². The molecule has 112 valence electrons. The van der Waals surface area contributed by atoms with Gasteiger partial charge in [0, 0.05) is 17.1 Å². The molecule has 1 fully saturated rings. The van der Waals surface area contributed by atoms with Crippen molar-refractivity contribution in [2.75, 3.05) is 0 Å². The zero-order chi connectivity index (χ0) is 15.3. The second-order valence-electron chi connectivity index (χ2n) is 8.43. The molecular weight excluding hydrogens is 256 g/mol. The van der Waals surface area contributed by atoms with Crippen LogP contribution in [0.2, 0.25) is 0 Å². The van der Waals surface area contributed by atoms with E-state index in [9.17, 15) is 0 Å². The first-order valence-electron chi connectivity index (χ1n) is 7.84. The van der Waals surface area contributed by atoms with Crippen LogP contribution < -0.4 is 5.73 Å². The summed E-state index contributed by atoms with van der Waals surface area (Å²) in [6.07, 6.45) is 5.14. The number of hydrogen-bond acceptors (Lipinski definition) is 2. The average Bonchev–Trinajstić information content (AvgIpc) is 2.34. The lowest BCUT2D eigenvalue weighted by molar-refractivity contribution is 0.0471. The van der Waals surface area contributed by atoms with Gasteiger partial charge in [0.2, 0.25) is 0 Å². The minimum atomic E-state index is -0.253. The van der Waals surface area contributed by atoms with Gasteiger partial charge in [-0.3, -0.25) is 4.98 Å². The van der Waals surface area contributed by atoms with Gasteiger partial charge in [-0.2, -0.15) is 0 Å². The van der Waals surface area contributed by atoms with Crippen molar-refractivity contribution < 1.29 is 0 Å². The molecule has 2 heteroatoms. The summed E-state index contributed by atoms with van der Waals surface area (Å²) in [5, 5.41) is 1.18. The molecule has 0 spiro atoms. The maximum atomic E-state index is 6.89. The van der Waals surface area contributed by atoms with Crippen molar-refractivity contribution in [3.05, 3.63) is 42.1 Å². The third-order valence-electron chi connectivity index (χ3n) is 4.73. The fraction of sp³-hybridized carbons (Fsp3) is 0.526. The van der Waals surface area contributed by atoms with Gasteiger partial charge in [-0.1, -0.05) is 45.9 Å². The van der Waals surface area contributed by atoms with Crippen molar-refractivity contribution >= 4 is 10.9 Å². The molecule has 0 saturated heterocycles. The molecule has 1 aromatic carbocycles. The zero-order valence-electron chi connectivity index (χ0n) is 13.6. The van der Waals surface area contributed by atoms with Crippen molar-refractivity contribution in [2.24, 2.45) is 16.6 Å². The van der Waals surface area contributed by atoms with E-state index in [0.29, 0.717) is 0 Å². The monoisotopic (exact) mass is 282 g/mol. The van der Waals surface area contributed by atoms with Crippen molar-refractivity contribution in [3.63, 3.8) is 0 Å². The lowest BCUT2D eigenvalue weighted by Gasteiger charge is -2.50. The number of hydrogen-bond donors (Lipinski definition) is 1. The Kier molecular flexibility index (Phi) is 3.14. The molecule has 1 saturated carbocycles. The number of nitrogens with two attached hydrogens (primary N) is 1. The van der Waals surface area contributed by atoms with Crippen LogP contribution in [0.25, 0.3) is 10.9 Å². The molecule has 0 radical (unpaired) electrons. The maximum Gasteiger partial charge on any atom is 0.0705 e. The van der Waals surface area contributed by atoms with Gasteiger partial charge in [0.15, 0.2) is 0 Å². The van der Waals surface area contributed by atoms with E-state index in [-0.39, 0.29) is 16.4 Å². The molecular formula is C19H26N2. The first-order chi connectivity index (χ1) is 9.69. The second-order valence-corrected chi connectivity index (χ2v) is 8.43. The third-order valence-corrected chi connectivity index (χ3v) is 4.73. The Bertz CT molecular complexity index is 654. The molecule has 0 amide bonds. The van der Waals surface area contributed by atoms with Crippen LogP contribution in [0.15, 0.2) is 36.5 Å². The molecule has 2 N–H and O–H groups in total. The summed E-state index contributed by atoms with van der Waals surface area (Å²) < 4.78 is 0. The van der Waals surface area contributed by atoms with Crippen LogP contribution in [0.5, 0.6) is 0 Å². The Morgan fingerprint density at radius 1 is 0.952 bits per heavy atom. The predicted octanol–water partition coefficient (Wildman–Crippen LogP) is 4.63. The highest BCUT2D eigenvalue weighted by molar-refractivity contribution is 5.79. The highest BCUT2D eigenvalue weighted by Crippen LogP contribution is 2.52. The van der Waals surface area contributed by atoms with Crippen LogP contribution in [-0.4, -0.2) is 4.98 Å². The van der Waals surface area contributed by atoms with E-state index in [4.69, 9.17) is 5.73 Å². The number of rotatable bonds is 1. The Morgan fingerprint density at radius 2 is 1.62 bits per heavy atom. The van der Waals surface area contributed by atoms with E-state index in [1.54, 1.807) is 0 Å². The van der Waals surface area contributed by atoms with E-state index >= 15 is 0 Å². The van der Waals surface area contributed by atoms with E-state index in [1.165, 1.54) is 17.4 Å². The molecule has 1 heterocycles. The van der Waals surface area contributed by atoms with E-state index in [1.807, 2.05) is 12.3 Å². The molecule has 0 aliphatic heterocycles. The minimum absolute atomic E-state index is 0.253. The van der Waals surface area contributed by atoms with Crippen LogP contribution in [0.3, 0.4) is 0 Å². The molecule has 21 heavy (non-hydrogen) atoms. The summed E-state index contributed by atoms with van der Waals surface area (Å²) in [7, 11) is 0. The molecule has 0 unspecified atom stereocenters. The molecule has 1 aromatic heterocycles. The first-order valence-corrected chi connectivity index (χ1v) is 7.84. The SMILES string of the molecule is CC1(C)CC(C)(C)CC(N)(c2ccc3cccnc3c2)C1. The molecule has 1 aliphatic rings. The summed E-state index contributed by atoms with van der Waals surface area (Å²) in [4.78, 5) is 4.48. The van der Waals surface area contributed by atoms with E-state index < -0.39 is 0 Å². The lowest BCUT2D eigenvalue weighted by atomic mass is 9.57. The number of fused-ring (bicyclic) bond motifs is 1. The second kappa shape index (κ2) is 4.54. The quantitative estimate of drug-likeness (QED) is 0.828. The van der Waals surface area contributed by atoms with Crippen LogP contribution in [0.1, 0.15) is 52.5 Å². The van der Waals surface area contributed by atoms with E-state index in [2.05, 4.69) is 56.9 Å². The fourth-order valence-electron chi connectivity index (χ4n) is 4.77. The van der Waals surface area contributed by atoms with Gasteiger partial charge in [0.05, 0.1) is 5.52 Å². The van der Waals surface area contributed by atoms with Crippen LogP contribution in [0, 0.1) is 10.8 Å². The Labute approximate surface area is 127 Å². The minimum Gasteiger partial charge on any atom is -0.321 e. The van der Waals surface area contributed by atoms with Crippen molar-refractivity contribution in [1.82, 2.24) is 4.98 Å². The first kappa shape index (κ1) is 14.5. The Balaban J connectivity index is 2.07. The van der Waals surface area contributed by atoms with Crippen LogP contribution in [-0.2, 0) is 5.54 Å². The molecule has 2 aromatic rings. The molecule has 0 atom stereocenters. The summed E-state index contributed by atoms with van der Waals surface area (Å²) >= 11 is 0. The van der Waals surface area contributed by atoms with Gasteiger partial charge in [0.1, 0.15) is 0 Å². The Morgan fingerprint density at radius 3 is 2.29 bits per heavy atom. The van der Waals surface area contributed by atoms with Gasteiger partial charge in [-0.25, -0.2) is 0 Å². The van der Waals surface area contributed by atoms with Crippen molar-refractivity contribution in [1.29, 1.82) is 0 Å². The number of pyridine rings is 1. The van der Waals surface area contributed by atoms with Crippen LogP contribution >= 0.6 is 0 Å². The summed E-state index contributed by atoms with van der Waals surface area (Å²) in [6, 6.07) is 10.6. The number of benzene rings is 1. The summed E-state index contributed by atoms with van der Waals surface area (Å²) in [6.45, 7) is 9.37. The molecule has 3 rings (SSSR count). The standard InChI is InChI=1S/C19H26N2/c1-17(2)11-18(3,4)13-19(20,12-17)15-8-7-14-6-5-9-21-16(14)10-15/h5-10H,11-13,20H2,1-4H3. The lowest BCUT2D eigenvalue weighted by Crippen LogP contribution is -2.49. The number of aromatic nitrogens is 1. The molecule has 0 bridgehead atoms. The largest absolute Gasteiger partial charge is 0.321 e. The highest BCUT2D eigenvalue weighted by Gasteiger charge is 2.46. The summed E-state index contributed by atoms with van der Waals surface area (Å²) in [5.74, 6) is 0. The van der Waals surface area contributed by atoms with Gasteiger partial charge in [0.25, 0.3) is 0 Å². The average molecular weight is 282 g/mol. The fourth-order valence-corrected chi connectivity index (χ4v) is 4.77. The highest BCUT2D eigenvalue weighted by atomic mass is 14.8. The van der Waals surface area contributed by atoms with Gasteiger partial charge in [-0.05, 0) is 47.8 Å². The predicted molar refractivity (Wildman–Crippen MR) is 89.0 cm³/mol. The topological polar surface area (TPSA) is 38.9 Å². The van der Waals surface area contributed by atoms with Gasteiger partial charge < -0.3 is 5.73 Å². The Hall–Kier alpha value is -1.41. The molecule has 1 aliphatic carbocycles. The maximum absolute atomic E-state index is 6.89. The smallest absolute Gasteiger partial charge is 0.0705 e. The zero-order valence-corrected chi connectivity index (χ0v) is 13.6. The van der Waals surface area contributed by atoms with E-state index in [0.717, 1.165) is 18.4 Å². The van der Waals surface area contributed by atoms with Crippen LogP contribution in [0.4, 0.5) is 0 Å². The number of nitrogens with zero attached hydrogens (tertiary/aromatic N) is 1. The van der Waals surface area contributed by atoms with Gasteiger partial charge >= 0.3 is 0 Å². The normalized spacial score (nSPS) is 23.1. The van der Waals surface area contributed by atoms with Gasteiger partial charge in [-0.15, -0.1) is 0 Å². The van der Waals surface area contributed by atoms with Crippen molar-refractivity contribution in [2.45, 2.75) is 52.5 Å². The molecule has 2 nitrogen and oxygen atoms in total.